The average molecular weight is 430 g/mol. The molecule has 0 aromatic rings. The van der Waals surface area contributed by atoms with Gasteiger partial charge < -0.3 is 19.8 Å². The average Bonchev–Trinajstić information content (AvgIpc) is 3.10. The number of aliphatic hydroxyl groups excluding tert-OH is 2. The molecule has 1 amide bonds. The van der Waals surface area contributed by atoms with E-state index in [1.807, 2.05) is 6.08 Å². The lowest BCUT2D eigenvalue weighted by Crippen LogP contribution is -2.45. The minimum absolute atomic E-state index is 0.00117. The number of nitrogens with zero attached hydrogens (tertiary/aromatic N) is 1. The molecule has 4 aliphatic rings. The monoisotopic (exact) mass is 429 g/mol. The second-order valence-corrected chi connectivity index (χ2v) is 10.3. The van der Waals surface area contributed by atoms with E-state index in [0.29, 0.717) is 17.6 Å². The maximum Gasteiger partial charge on any atom is 0.261 e. The molecule has 2 aliphatic carbocycles. The van der Waals surface area contributed by atoms with Gasteiger partial charge in [0.2, 0.25) is 0 Å². The first-order valence-electron chi connectivity index (χ1n) is 11.5. The van der Waals surface area contributed by atoms with Gasteiger partial charge in [-0.3, -0.25) is 9.59 Å². The zero-order chi connectivity index (χ0) is 22.7. The van der Waals surface area contributed by atoms with Gasteiger partial charge in [0, 0.05) is 18.4 Å². The number of carbonyl (C=O) groups excluding carboxylic acids is 2. The topological polar surface area (TPSA) is 87.1 Å². The Bertz CT molecular complexity index is 871. The van der Waals surface area contributed by atoms with Gasteiger partial charge in [0.15, 0.2) is 5.78 Å². The molecule has 0 aromatic heterocycles. The first-order valence-corrected chi connectivity index (χ1v) is 11.5. The molecule has 2 saturated heterocycles. The van der Waals surface area contributed by atoms with E-state index in [9.17, 15) is 19.8 Å². The minimum atomic E-state index is -0.852. The minimum Gasteiger partial charge on any atom is -0.488 e. The molecule has 0 spiro atoms. The lowest BCUT2D eigenvalue weighted by atomic mass is 9.52. The third-order valence-corrected chi connectivity index (χ3v) is 8.15. The summed E-state index contributed by atoms with van der Waals surface area (Å²) in [4.78, 5) is 27.7. The molecule has 6 heteroatoms. The van der Waals surface area contributed by atoms with Crippen molar-refractivity contribution in [2.45, 2.75) is 65.2 Å². The number of likely N-dealkylation sites (tertiary alicyclic amines) is 1. The quantitative estimate of drug-likeness (QED) is 0.409. The van der Waals surface area contributed by atoms with Crippen LogP contribution in [0.15, 0.2) is 35.1 Å². The summed E-state index contributed by atoms with van der Waals surface area (Å²) in [6.07, 6.45) is 8.25. The van der Waals surface area contributed by atoms with Crippen molar-refractivity contribution >= 4 is 11.7 Å². The van der Waals surface area contributed by atoms with Gasteiger partial charge in [0.05, 0.1) is 12.7 Å². The summed E-state index contributed by atoms with van der Waals surface area (Å²) in [6.45, 7) is 7.87. The highest BCUT2D eigenvalue weighted by molar-refractivity contribution is 6.27. The summed E-state index contributed by atoms with van der Waals surface area (Å²) in [5, 5.41) is 19.5. The van der Waals surface area contributed by atoms with E-state index in [0.717, 1.165) is 19.3 Å². The van der Waals surface area contributed by atoms with Crippen LogP contribution in [0.1, 0.15) is 47.0 Å². The van der Waals surface area contributed by atoms with Crippen molar-refractivity contribution in [3.8, 4) is 0 Å². The lowest BCUT2D eigenvalue weighted by Gasteiger charge is -2.49. The molecule has 8 atom stereocenters. The van der Waals surface area contributed by atoms with Gasteiger partial charge in [0.25, 0.3) is 5.91 Å². The molecule has 2 aliphatic heterocycles. The largest absolute Gasteiger partial charge is 0.488 e. The Balaban J connectivity index is 1.90. The molecule has 31 heavy (non-hydrogen) atoms. The first-order chi connectivity index (χ1) is 14.6. The zero-order valence-electron chi connectivity index (χ0n) is 19.2. The number of amides is 1. The molecule has 0 bridgehead atoms. The van der Waals surface area contributed by atoms with Gasteiger partial charge in [0.1, 0.15) is 23.5 Å². The molecule has 0 unspecified atom stereocenters. The van der Waals surface area contributed by atoms with Crippen LogP contribution in [0.2, 0.25) is 0 Å². The first kappa shape index (κ1) is 22.3. The van der Waals surface area contributed by atoms with Crippen LogP contribution in [0.4, 0.5) is 0 Å². The van der Waals surface area contributed by atoms with E-state index in [1.54, 1.807) is 20.0 Å². The summed E-state index contributed by atoms with van der Waals surface area (Å²) >= 11 is 0. The van der Waals surface area contributed by atoms with Crippen LogP contribution in [0.5, 0.6) is 0 Å². The zero-order valence-corrected chi connectivity index (χ0v) is 19.2. The summed E-state index contributed by atoms with van der Waals surface area (Å²) < 4.78 is 6.46. The van der Waals surface area contributed by atoms with Crippen molar-refractivity contribution < 1.29 is 24.5 Å². The van der Waals surface area contributed by atoms with Crippen molar-refractivity contribution in [3.63, 3.8) is 0 Å². The summed E-state index contributed by atoms with van der Waals surface area (Å²) in [5.74, 6) is 1.09. The molecule has 2 heterocycles. The third kappa shape index (κ3) is 3.30. The number of aliphatic hydroxyl groups is 2. The maximum absolute atomic E-state index is 13.2. The molecule has 170 valence electrons. The van der Waals surface area contributed by atoms with Crippen molar-refractivity contribution in [2.24, 2.45) is 29.1 Å². The summed E-state index contributed by atoms with van der Waals surface area (Å²) in [7, 11) is 1.56. The molecule has 4 rings (SSSR count). The number of rotatable bonds is 3. The van der Waals surface area contributed by atoms with E-state index >= 15 is 0 Å². The highest BCUT2D eigenvalue weighted by atomic mass is 16.5. The molecule has 0 aromatic carbocycles. The van der Waals surface area contributed by atoms with Gasteiger partial charge in [-0.25, -0.2) is 0 Å². The van der Waals surface area contributed by atoms with Crippen molar-refractivity contribution in [2.75, 3.05) is 13.7 Å². The van der Waals surface area contributed by atoms with Gasteiger partial charge in [-0.1, -0.05) is 38.0 Å². The van der Waals surface area contributed by atoms with Crippen molar-refractivity contribution in [1.82, 2.24) is 4.90 Å². The normalized spacial score (nSPS) is 43.7. The predicted octanol–water partition coefficient (Wildman–Crippen LogP) is 2.61. The van der Waals surface area contributed by atoms with E-state index in [2.05, 4.69) is 26.8 Å². The standard InChI is InChI=1S/C25H35NO5/c1-13-6-8-17-16(10-13)11-14(2)21-19(9-7-15(3)28)31-23(25(17,21)4)20-22(29)18(12-27)26(5)24(20)30/h7,9,11,13,15-19,21,27-28H,6,8,10,12H2,1-5H3/b9-7+,23-20+/t13-,15+,16+,17-,18+,19+,21+,25+/m0/s1. The Morgan fingerprint density at radius 2 is 2.06 bits per heavy atom. The SMILES string of the molecule is CC1=C[C@H]2C[C@@H](C)CC[C@@H]2[C@@]2(C)/C(=C3/C(=O)[C@@H](CO)N(C)C3=O)O[C@H](/C=C/[C@@H](C)O)[C@@H]12. The number of ether oxygens (including phenoxy) is 1. The third-order valence-electron chi connectivity index (χ3n) is 8.15. The van der Waals surface area contributed by atoms with E-state index in [-0.39, 0.29) is 35.2 Å². The number of Topliss-reactive ketones (excluding diaryl/α,β-unsaturated/α-hetero) is 1. The second kappa shape index (κ2) is 7.89. The number of hydrogen-bond acceptors (Lipinski definition) is 5. The number of hydrogen-bond donors (Lipinski definition) is 2. The van der Waals surface area contributed by atoms with Gasteiger partial charge >= 0.3 is 0 Å². The van der Waals surface area contributed by atoms with Crippen LogP contribution >= 0.6 is 0 Å². The Labute approximate surface area is 184 Å². The second-order valence-electron chi connectivity index (χ2n) is 10.3. The van der Waals surface area contributed by atoms with Crippen LogP contribution in [-0.2, 0) is 14.3 Å². The number of allylic oxidation sites excluding steroid dienone is 2. The fourth-order valence-corrected chi connectivity index (χ4v) is 6.67. The highest BCUT2D eigenvalue weighted by Gasteiger charge is 2.62. The summed E-state index contributed by atoms with van der Waals surface area (Å²) in [6, 6.07) is -0.852. The van der Waals surface area contributed by atoms with E-state index in [1.165, 1.54) is 10.5 Å². The Morgan fingerprint density at radius 1 is 1.35 bits per heavy atom. The van der Waals surface area contributed by atoms with Crippen molar-refractivity contribution in [3.05, 3.63) is 35.1 Å². The smallest absolute Gasteiger partial charge is 0.261 e. The van der Waals surface area contributed by atoms with Gasteiger partial charge in [-0.05, 0) is 50.5 Å². The molecule has 1 saturated carbocycles. The predicted molar refractivity (Wildman–Crippen MR) is 117 cm³/mol. The molecule has 0 radical (unpaired) electrons. The molecule has 3 fully saturated rings. The van der Waals surface area contributed by atoms with Crippen LogP contribution in [0.25, 0.3) is 0 Å². The Hall–Kier alpha value is -1.92. The molecule has 2 N–H and O–H groups in total. The van der Waals surface area contributed by atoms with E-state index in [4.69, 9.17) is 4.74 Å². The van der Waals surface area contributed by atoms with Crippen molar-refractivity contribution in [1.29, 1.82) is 0 Å². The summed E-state index contributed by atoms with van der Waals surface area (Å²) in [5.41, 5.74) is 0.844. The maximum atomic E-state index is 13.2. The number of likely N-dealkylation sites (N-methyl/N-ethyl adjacent to an activating group) is 1. The van der Waals surface area contributed by atoms with E-state index < -0.39 is 24.2 Å². The van der Waals surface area contributed by atoms with Crippen LogP contribution in [0.3, 0.4) is 0 Å². The Kier molecular flexibility index (Phi) is 5.67. The fourth-order valence-electron chi connectivity index (χ4n) is 6.67. The van der Waals surface area contributed by atoms with Crippen LogP contribution in [-0.4, -0.2) is 58.7 Å². The number of fused-ring (bicyclic) bond motifs is 3. The highest BCUT2D eigenvalue weighted by Crippen LogP contribution is 2.63. The molecule has 6 nitrogen and oxygen atoms in total. The number of ketones is 1. The fraction of sp³-hybridized carbons (Fsp3) is 0.680. The van der Waals surface area contributed by atoms with Crippen LogP contribution < -0.4 is 0 Å². The van der Waals surface area contributed by atoms with Crippen LogP contribution in [0, 0.1) is 29.1 Å². The number of carbonyl (C=O) groups is 2. The molecular formula is C25H35NO5. The molecular weight excluding hydrogens is 394 g/mol. The van der Waals surface area contributed by atoms with Gasteiger partial charge in [-0.2, -0.15) is 0 Å². The Morgan fingerprint density at radius 3 is 2.68 bits per heavy atom. The van der Waals surface area contributed by atoms with Gasteiger partial charge in [-0.15, -0.1) is 0 Å². The lowest BCUT2D eigenvalue weighted by molar-refractivity contribution is -0.126.